The molecule has 1 aromatic heterocycles. The number of carbonyl (C=O) groups excluding carboxylic acids is 3. The molecule has 7 nitrogen and oxygen atoms in total. The van der Waals surface area contributed by atoms with Crippen LogP contribution in [0.1, 0.15) is 31.4 Å². The Bertz CT molecular complexity index is 1190. The van der Waals surface area contributed by atoms with Gasteiger partial charge in [0, 0.05) is 55.9 Å². The molecule has 0 radical (unpaired) electrons. The van der Waals surface area contributed by atoms with Gasteiger partial charge in [0.15, 0.2) is 11.4 Å². The van der Waals surface area contributed by atoms with E-state index in [1.54, 1.807) is 12.2 Å². The minimum Gasteiger partial charge on any atom is -0.344 e. The average Bonchev–Trinajstić information content (AvgIpc) is 3.47. The van der Waals surface area contributed by atoms with Gasteiger partial charge >= 0.3 is 13.4 Å². The molecule has 3 heterocycles. The van der Waals surface area contributed by atoms with E-state index in [2.05, 4.69) is 0 Å². The Balaban J connectivity index is 1.50. The summed E-state index contributed by atoms with van der Waals surface area (Å²) in [5, 5.41) is 0.452. The van der Waals surface area contributed by atoms with E-state index in [0.717, 1.165) is 21.4 Å². The fourth-order valence-corrected chi connectivity index (χ4v) is 3.83. The van der Waals surface area contributed by atoms with Gasteiger partial charge in [0.25, 0.3) is 11.8 Å². The molecule has 4 rings (SSSR count). The molecule has 0 saturated carbocycles. The molecule has 2 aromatic rings. The van der Waals surface area contributed by atoms with Crippen LogP contribution in [0.15, 0.2) is 60.3 Å². The zero-order chi connectivity index (χ0) is 23.5. The third-order valence-corrected chi connectivity index (χ3v) is 5.54. The summed E-state index contributed by atoms with van der Waals surface area (Å²) in [4.78, 5) is 40.0. The number of aromatic nitrogens is 1. The number of rotatable bonds is 7. The Labute approximate surface area is 189 Å². The van der Waals surface area contributed by atoms with Crippen molar-refractivity contribution >= 4 is 37.0 Å². The van der Waals surface area contributed by atoms with E-state index >= 15 is 0 Å². The van der Waals surface area contributed by atoms with Gasteiger partial charge in [-0.25, -0.2) is 17.9 Å². The second-order valence-electron chi connectivity index (χ2n) is 7.66. The first-order valence-electron chi connectivity index (χ1n) is 10.5. The molecule has 0 unspecified atom stereocenters. The summed E-state index contributed by atoms with van der Waals surface area (Å²) in [5.41, 5.74) is 3.23. The molecule has 2 aliphatic heterocycles. The van der Waals surface area contributed by atoms with E-state index in [4.69, 9.17) is 4.84 Å². The van der Waals surface area contributed by atoms with Gasteiger partial charge in [-0.15, -0.1) is 5.06 Å². The smallest absolute Gasteiger partial charge is 0.344 e. The molecule has 0 atom stereocenters. The molecule has 0 spiro atoms. The van der Waals surface area contributed by atoms with E-state index < -0.39 is 25.2 Å². The number of hydrogen-bond acceptors (Lipinski definition) is 4. The molecular weight excluding hydrogens is 431 g/mol. The Kier molecular flexibility index (Phi) is 6.35. The molecule has 0 bridgehead atoms. The third kappa shape index (κ3) is 4.69. The number of carbonyl (C=O) groups is 3. The lowest BCUT2D eigenvalue weighted by Crippen LogP contribution is -2.32. The van der Waals surface area contributed by atoms with Crippen LogP contribution < -0.4 is 0 Å². The van der Waals surface area contributed by atoms with Crippen molar-refractivity contribution in [3.8, 4) is 11.3 Å². The molecule has 168 valence electrons. The number of halogens is 2. The molecule has 33 heavy (non-hydrogen) atoms. The summed E-state index contributed by atoms with van der Waals surface area (Å²) in [5.74, 6) is -2.00. The van der Waals surface area contributed by atoms with Crippen molar-refractivity contribution in [1.82, 2.24) is 9.63 Å². The molecule has 0 N–H and O–H groups in total. The van der Waals surface area contributed by atoms with Crippen molar-refractivity contribution in [2.24, 2.45) is 7.05 Å². The lowest BCUT2D eigenvalue weighted by molar-refractivity contribution is -0.342. The molecule has 2 aliphatic rings. The summed E-state index contributed by atoms with van der Waals surface area (Å²) in [6, 6.07) is 13.5. The van der Waals surface area contributed by atoms with Crippen LogP contribution in [0.25, 0.3) is 17.3 Å². The summed E-state index contributed by atoms with van der Waals surface area (Å²) in [6.07, 6.45) is 4.44. The number of benzene rings is 1. The quantitative estimate of drug-likeness (QED) is 0.477. The molecule has 1 saturated heterocycles. The van der Waals surface area contributed by atoms with Gasteiger partial charge in [-0.05, 0) is 17.7 Å². The topological polar surface area (TPSA) is 71.6 Å². The van der Waals surface area contributed by atoms with Gasteiger partial charge in [-0.2, -0.15) is 0 Å². The number of hydrogen-bond donors (Lipinski definition) is 0. The third-order valence-electron chi connectivity index (χ3n) is 5.54. The number of allylic oxidation sites excluding steroid dienone is 2. The summed E-state index contributed by atoms with van der Waals surface area (Å²) < 4.78 is 30.5. The SMILES string of the molecule is Cn1c(/C=C2/C=CC(CCC(=O)ON3C(=O)CCC3=O)=[N+]2B(F)F)ccc1-c1ccccc1. The van der Waals surface area contributed by atoms with Crippen LogP contribution in [0, 0.1) is 0 Å². The van der Waals surface area contributed by atoms with Gasteiger partial charge in [0.05, 0.1) is 6.42 Å². The predicted octanol–water partition coefficient (Wildman–Crippen LogP) is 3.37. The van der Waals surface area contributed by atoms with Gasteiger partial charge < -0.3 is 9.40 Å². The van der Waals surface area contributed by atoms with Crippen LogP contribution in [-0.2, 0) is 26.3 Å². The standard InChI is InChI=1S/C23H21BF2N3O4/c1-27-18(9-11-20(27)16-5-3-2-4-6-16)15-19-8-7-17(28(19)24(25)26)10-14-23(32)33-29-21(30)12-13-22(29)31/h2-9,11,15H,10,12-14H2,1H3/q+1. The minimum atomic E-state index is -2.81. The second-order valence-corrected chi connectivity index (χ2v) is 7.66. The van der Waals surface area contributed by atoms with Crippen molar-refractivity contribution in [1.29, 1.82) is 0 Å². The van der Waals surface area contributed by atoms with Crippen LogP contribution in [0.2, 0.25) is 0 Å². The fourth-order valence-electron chi connectivity index (χ4n) is 3.83. The Hall–Kier alpha value is -3.82. The maximum absolute atomic E-state index is 13.9. The van der Waals surface area contributed by atoms with Crippen molar-refractivity contribution in [2.75, 3.05) is 0 Å². The van der Waals surface area contributed by atoms with Gasteiger partial charge in [0.1, 0.15) is 0 Å². The van der Waals surface area contributed by atoms with E-state index in [9.17, 15) is 23.0 Å². The van der Waals surface area contributed by atoms with Crippen molar-refractivity contribution in [3.63, 3.8) is 0 Å². The van der Waals surface area contributed by atoms with E-state index in [1.165, 1.54) is 6.08 Å². The van der Waals surface area contributed by atoms with Gasteiger partial charge in [0.2, 0.25) is 0 Å². The Morgan fingerprint density at radius 1 is 1.09 bits per heavy atom. The van der Waals surface area contributed by atoms with Crippen molar-refractivity contribution in [3.05, 3.63) is 66.0 Å². The number of amides is 2. The first kappa shape index (κ1) is 22.4. The first-order chi connectivity index (χ1) is 15.8. The van der Waals surface area contributed by atoms with Crippen LogP contribution in [-0.4, -0.2) is 45.0 Å². The van der Waals surface area contributed by atoms with Crippen LogP contribution >= 0.6 is 0 Å². The second kappa shape index (κ2) is 9.36. The largest absolute Gasteiger partial charge is 0.934 e. The monoisotopic (exact) mass is 452 g/mol. The van der Waals surface area contributed by atoms with E-state index in [-0.39, 0.29) is 31.4 Å². The summed E-state index contributed by atoms with van der Waals surface area (Å²) in [6.45, 7) is 0. The minimum absolute atomic E-state index is 0.00924. The zero-order valence-corrected chi connectivity index (χ0v) is 17.9. The van der Waals surface area contributed by atoms with Gasteiger partial charge in [-0.1, -0.05) is 30.3 Å². The van der Waals surface area contributed by atoms with Crippen molar-refractivity contribution < 1.29 is 32.3 Å². The highest BCUT2D eigenvalue weighted by Crippen LogP contribution is 2.25. The number of hydroxylamine groups is 2. The first-order valence-corrected chi connectivity index (χ1v) is 10.5. The van der Waals surface area contributed by atoms with Crippen LogP contribution in [0.5, 0.6) is 0 Å². The highest BCUT2D eigenvalue weighted by molar-refractivity contribution is 6.35. The fraction of sp³-hybridized carbons (Fsp3) is 0.217. The highest BCUT2D eigenvalue weighted by atomic mass is 19.2. The zero-order valence-electron chi connectivity index (χ0n) is 17.9. The maximum atomic E-state index is 13.9. The molecule has 1 fully saturated rings. The lowest BCUT2D eigenvalue weighted by atomic mass is 10.1. The number of nitrogens with zero attached hydrogens (tertiary/aromatic N) is 3. The molecule has 2 amide bonds. The van der Waals surface area contributed by atoms with Gasteiger partial charge in [-0.3, -0.25) is 9.59 Å². The molecule has 10 heteroatoms. The summed E-state index contributed by atoms with van der Waals surface area (Å²) in [7, 11) is -0.949. The van der Waals surface area contributed by atoms with Crippen LogP contribution in [0.4, 0.5) is 8.63 Å². The van der Waals surface area contributed by atoms with E-state index in [0.29, 0.717) is 10.8 Å². The molecular formula is C23H21BF2N3O4+. The number of imide groups is 1. The predicted molar refractivity (Wildman–Crippen MR) is 118 cm³/mol. The molecule has 1 aromatic carbocycles. The highest BCUT2D eigenvalue weighted by Gasteiger charge is 2.42. The van der Waals surface area contributed by atoms with E-state index in [1.807, 2.05) is 54.1 Å². The van der Waals surface area contributed by atoms with Crippen molar-refractivity contribution in [2.45, 2.75) is 25.7 Å². The Morgan fingerprint density at radius 3 is 2.45 bits per heavy atom. The normalized spacial score (nSPS) is 16.9. The van der Waals surface area contributed by atoms with Crippen LogP contribution in [0.3, 0.4) is 0 Å². The summed E-state index contributed by atoms with van der Waals surface area (Å²) >= 11 is 0. The lowest BCUT2D eigenvalue weighted by Gasteiger charge is -2.12. The Morgan fingerprint density at radius 2 is 1.79 bits per heavy atom. The molecule has 0 aliphatic carbocycles. The maximum Gasteiger partial charge on any atom is 0.934 e. The average molecular weight is 452 g/mol.